The first-order chi connectivity index (χ1) is 22.9. The Morgan fingerprint density at radius 3 is 2.32 bits per heavy atom. The van der Waals surface area contributed by atoms with Crippen LogP contribution < -0.4 is 4.74 Å². The average molecular weight is 615 g/mol. The summed E-state index contributed by atoms with van der Waals surface area (Å²) in [5, 5.41) is 2.04. The molecule has 8 aromatic rings. The minimum absolute atomic E-state index is 0.275. The molecule has 0 N–H and O–H groups in total. The van der Waals surface area contributed by atoms with Crippen LogP contribution in [-0.4, -0.2) is 19.1 Å². The fourth-order valence-corrected chi connectivity index (χ4v) is 7.29. The van der Waals surface area contributed by atoms with Gasteiger partial charge in [0.05, 0.1) is 22.1 Å². The second-order valence-electron chi connectivity index (χ2n) is 12.9. The van der Waals surface area contributed by atoms with Crippen molar-refractivity contribution in [3.8, 4) is 28.7 Å². The molecule has 0 amide bonds. The number of hydrogen-bond acceptors (Lipinski definition) is 3. The first-order valence-electron chi connectivity index (χ1n) is 15.9. The van der Waals surface area contributed by atoms with Gasteiger partial charge in [-0.2, -0.15) is 0 Å². The van der Waals surface area contributed by atoms with Gasteiger partial charge in [0, 0.05) is 46.1 Å². The fraction of sp³-hybridized carbons (Fsp3) is 0.122. The summed E-state index contributed by atoms with van der Waals surface area (Å²) in [6.07, 6.45) is 0.456. The van der Waals surface area contributed by atoms with E-state index in [9.17, 15) is 0 Å². The molecule has 3 aromatic heterocycles. The van der Waals surface area contributed by atoms with Crippen molar-refractivity contribution in [1.29, 1.82) is 0 Å². The van der Waals surface area contributed by atoms with Gasteiger partial charge in [0.15, 0.2) is 6.17 Å². The van der Waals surface area contributed by atoms with Gasteiger partial charge in [-0.25, -0.2) is 14.4 Å². The lowest BCUT2D eigenvalue weighted by Gasteiger charge is -2.34. The lowest BCUT2D eigenvalue weighted by molar-refractivity contribution is 0.402. The number of fused-ring (bicyclic) bond motifs is 6. The van der Waals surface area contributed by atoms with E-state index in [0.717, 1.165) is 72.7 Å². The van der Waals surface area contributed by atoms with Crippen molar-refractivity contribution in [2.24, 2.45) is 7.05 Å². The van der Waals surface area contributed by atoms with Crippen molar-refractivity contribution in [3.05, 3.63) is 150 Å². The van der Waals surface area contributed by atoms with Crippen molar-refractivity contribution >= 4 is 32.8 Å². The van der Waals surface area contributed by atoms with E-state index in [4.69, 9.17) is 14.7 Å². The zero-order valence-corrected chi connectivity index (χ0v) is 26.3. The van der Waals surface area contributed by atoms with Gasteiger partial charge in [0.1, 0.15) is 23.1 Å². The third-order valence-electron chi connectivity index (χ3n) is 9.74. The number of halogens is 1. The quantitative estimate of drug-likeness (QED) is 0.198. The normalized spacial score (nSPS) is 14.2. The summed E-state index contributed by atoms with van der Waals surface area (Å²) < 4.78 is 27.3. The molecular formula is C41H31FN4O. The van der Waals surface area contributed by atoms with Crippen molar-refractivity contribution in [2.45, 2.75) is 25.4 Å². The van der Waals surface area contributed by atoms with Gasteiger partial charge in [0.25, 0.3) is 0 Å². The van der Waals surface area contributed by atoms with Crippen LogP contribution in [-0.2, 0) is 12.5 Å². The molecule has 0 radical (unpaired) electrons. The molecule has 0 bridgehead atoms. The Bertz CT molecular complexity index is 2510. The highest BCUT2D eigenvalue weighted by molar-refractivity contribution is 6.10. The third-order valence-corrected chi connectivity index (χ3v) is 9.74. The molecule has 0 spiro atoms. The number of aromatic nitrogens is 4. The third kappa shape index (κ3) is 4.14. The van der Waals surface area contributed by atoms with Crippen LogP contribution in [0.25, 0.3) is 50.0 Å². The van der Waals surface area contributed by atoms with E-state index in [2.05, 4.69) is 47.2 Å². The smallest absolute Gasteiger partial charge is 0.150 e. The van der Waals surface area contributed by atoms with Crippen LogP contribution >= 0.6 is 0 Å². The minimum atomic E-state index is -1.34. The molecular weight excluding hydrogens is 583 g/mol. The molecule has 0 saturated heterocycles. The van der Waals surface area contributed by atoms with Crippen molar-refractivity contribution in [2.75, 3.05) is 0 Å². The van der Waals surface area contributed by atoms with Crippen LogP contribution in [0.5, 0.6) is 11.5 Å². The summed E-state index contributed by atoms with van der Waals surface area (Å²) in [5.74, 6) is 3.30. The van der Waals surface area contributed by atoms with E-state index >= 15 is 4.39 Å². The average Bonchev–Trinajstić information content (AvgIpc) is 3.61. The number of benzene rings is 5. The molecule has 5 nitrogen and oxygen atoms in total. The monoisotopic (exact) mass is 614 g/mol. The highest BCUT2D eigenvalue weighted by Crippen LogP contribution is 2.50. The van der Waals surface area contributed by atoms with E-state index in [-0.39, 0.29) is 5.41 Å². The molecule has 4 heterocycles. The van der Waals surface area contributed by atoms with Crippen molar-refractivity contribution < 1.29 is 9.13 Å². The number of nitrogens with zero attached hydrogens (tertiary/aromatic N) is 4. The molecule has 0 saturated carbocycles. The molecule has 5 aromatic carbocycles. The number of hydrogen-bond donors (Lipinski definition) is 0. The summed E-state index contributed by atoms with van der Waals surface area (Å²) in [7, 11) is 2.00. The molecule has 47 heavy (non-hydrogen) atoms. The molecule has 1 unspecified atom stereocenters. The number of imidazole rings is 1. The molecule has 1 atom stereocenters. The van der Waals surface area contributed by atoms with Crippen LogP contribution in [0.3, 0.4) is 0 Å². The fourth-order valence-electron chi connectivity index (χ4n) is 7.29. The van der Waals surface area contributed by atoms with Crippen LogP contribution in [0.15, 0.2) is 128 Å². The van der Waals surface area contributed by atoms with Crippen LogP contribution in [0.2, 0.25) is 0 Å². The lowest BCUT2D eigenvalue weighted by atomic mass is 9.75. The SMILES string of the molecule is Cn1c(-c2cccc(C(F)c3ccc4c5cc6c(cc5n(-c5ccccn5)c4c3)C(C)(C)c3ccccc3O6)c2)nc2ccccc21. The Morgan fingerprint density at radius 2 is 1.47 bits per heavy atom. The van der Waals surface area contributed by atoms with Gasteiger partial charge in [0.2, 0.25) is 0 Å². The minimum Gasteiger partial charge on any atom is -0.457 e. The van der Waals surface area contributed by atoms with Crippen LogP contribution in [0.4, 0.5) is 4.39 Å². The van der Waals surface area contributed by atoms with Gasteiger partial charge < -0.3 is 9.30 Å². The van der Waals surface area contributed by atoms with E-state index in [1.807, 2.05) is 104 Å². The number of aryl methyl sites for hydroxylation is 1. The predicted molar refractivity (Wildman–Crippen MR) is 186 cm³/mol. The van der Waals surface area contributed by atoms with Crippen LogP contribution in [0, 0.1) is 0 Å². The zero-order chi connectivity index (χ0) is 31.9. The summed E-state index contributed by atoms with van der Waals surface area (Å²) in [5.41, 5.74) is 7.86. The standard InChI is InChI=1S/C41H31FN4O/c1-41(2)30-13-4-7-16-36(30)47-37-23-29-28-19-18-26(22-34(28)46(35(29)24-31(37)41)38-17-8-9-20-43-38)39(42)25-11-10-12-27(21-25)40-44-32-14-5-6-15-33(32)45(40)3/h4-24,39H,1-3H3. The topological polar surface area (TPSA) is 44.9 Å². The van der Waals surface area contributed by atoms with Gasteiger partial charge in [-0.05, 0) is 65.7 Å². The Hall–Kier alpha value is -5.75. The van der Waals surface area contributed by atoms with Gasteiger partial charge >= 0.3 is 0 Å². The Balaban J connectivity index is 1.20. The van der Waals surface area contributed by atoms with Gasteiger partial charge in [-0.1, -0.05) is 80.6 Å². The lowest BCUT2D eigenvalue weighted by Crippen LogP contribution is -2.24. The molecule has 1 aliphatic rings. The summed E-state index contributed by atoms with van der Waals surface area (Å²) in [4.78, 5) is 9.58. The zero-order valence-electron chi connectivity index (χ0n) is 26.3. The van der Waals surface area contributed by atoms with E-state index in [0.29, 0.717) is 11.1 Å². The Kier molecular flexibility index (Phi) is 5.94. The highest BCUT2D eigenvalue weighted by Gasteiger charge is 2.35. The summed E-state index contributed by atoms with van der Waals surface area (Å²) in [6.45, 7) is 4.47. The summed E-state index contributed by atoms with van der Waals surface area (Å²) in [6, 6.07) is 40.1. The second-order valence-corrected chi connectivity index (χ2v) is 12.9. The van der Waals surface area contributed by atoms with Crippen molar-refractivity contribution in [3.63, 3.8) is 0 Å². The molecule has 228 valence electrons. The number of ether oxygens (including phenoxy) is 1. The highest BCUT2D eigenvalue weighted by atomic mass is 19.1. The predicted octanol–water partition coefficient (Wildman–Crippen LogP) is 10.2. The maximum atomic E-state index is 16.6. The van der Waals surface area contributed by atoms with Gasteiger partial charge in [-0.3, -0.25) is 4.57 Å². The van der Waals surface area contributed by atoms with E-state index < -0.39 is 6.17 Å². The number of alkyl halides is 1. The van der Waals surface area contributed by atoms with Gasteiger partial charge in [-0.15, -0.1) is 0 Å². The molecule has 1 aliphatic heterocycles. The first kappa shape index (κ1) is 27.6. The Morgan fingerprint density at radius 1 is 0.681 bits per heavy atom. The number of para-hydroxylation sites is 3. The number of rotatable bonds is 4. The van der Waals surface area contributed by atoms with E-state index in [1.54, 1.807) is 6.20 Å². The molecule has 6 heteroatoms. The molecule has 0 fully saturated rings. The van der Waals surface area contributed by atoms with Crippen LogP contribution in [0.1, 0.15) is 42.3 Å². The summed E-state index contributed by atoms with van der Waals surface area (Å²) >= 11 is 0. The maximum absolute atomic E-state index is 16.6. The number of pyridine rings is 1. The maximum Gasteiger partial charge on any atom is 0.150 e. The van der Waals surface area contributed by atoms with E-state index in [1.165, 1.54) is 0 Å². The largest absolute Gasteiger partial charge is 0.457 e. The Labute approximate surface area is 271 Å². The first-order valence-corrected chi connectivity index (χ1v) is 15.9. The molecule has 9 rings (SSSR count). The van der Waals surface area contributed by atoms with Crippen molar-refractivity contribution in [1.82, 2.24) is 19.1 Å². The molecule has 0 aliphatic carbocycles. The second kappa shape index (κ2) is 10.1.